The van der Waals surface area contributed by atoms with E-state index in [2.05, 4.69) is 41.2 Å². The van der Waals surface area contributed by atoms with Gasteiger partial charge in [0, 0.05) is 19.5 Å². The number of allylic oxidation sites excluding steroid dienone is 1. The zero-order chi connectivity index (χ0) is 21.9. The summed E-state index contributed by atoms with van der Waals surface area (Å²) in [7, 11) is 0. The molecule has 0 spiro atoms. The number of aryl methyl sites for hydroxylation is 2. The molecule has 1 aromatic heterocycles. The summed E-state index contributed by atoms with van der Waals surface area (Å²) in [6.45, 7) is 9.49. The van der Waals surface area contributed by atoms with Crippen molar-refractivity contribution in [1.82, 2.24) is 14.9 Å². The number of ether oxygens (including phenoxy) is 1. The number of imidazole rings is 1. The SMILES string of the molecule is C=CCc1ccccc1OCCCCn1c(CCCNC(=O)C=C)nc2ccccc21. The molecule has 0 atom stereocenters. The zero-order valence-corrected chi connectivity index (χ0v) is 18.1. The van der Waals surface area contributed by atoms with Crippen molar-refractivity contribution in [2.45, 2.75) is 38.6 Å². The number of hydrogen-bond donors (Lipinski definition) is 1. The molecule has 0 aliphatic rings. The van der Waals surface area contributed by atoms with Gasteiger partial charge >= 0.3 is 0 Å². The summed E-state index contributed by atoms with van der Waals surface area (Å²) >= 11 is 0. The smallest absolute Gasteiger partial charge is 0.243 e. The van der Waals surface area contributed by atoms with Crippen molar-refractivity contribution in [2.75, 3.05) is 13.2 Å². The van der Waals surface area contributed by atoms with Gasteiger partial charge in [0.1, 0.15) is 11.6 Å². The van der Waals surface area contributed by atoms with Crippen LogP contribution in [0, 0.1) is 0 Å². The van der Waals surface area contributed by atoms with Crippen LogP contribution in [0.25, 0.3) is 11.0 Å². The van der Waals surface area contributed by atoms with Gasteiger partial charge < -0.3 is 14.6 Å². The molecule has 0 saturated heterocycles. The number of amides is 1. The van der Waals surface area contributed by atoms with E-state index >= 15 is 0 Å². The molecule has 0 aliphatic carbocycles. The number of carbonyl (C=O) groups excluding carboxylic acids is 1. The third-order valence-corrected chi connectivity index (χ3v) is 5.17. The summed E-state index contributed by atoms with van der Waals surface area (Å²) in [5.74, 6) is 1.87. The summed E-state index contributed by atoms with van der Waals surface area (Å²) in [6, 6.07) is 16.4. The first kappa shape index (κ1) is 22.3. The number of nitrogens with zero attached hydrogens (tertiary/aromatic N) is 2. The predicted molar refractivity (Wildman–Crippen MR) is 126 cm³/mol. The maximum atomic E-state index is 11.3. The summed E-state index contributed by atoms with van der Waals surface area (Å²) < 4.78 is 8.32. The van der Waals surface area contributed by atoms with E-state index in [4.69, 9.17) is 9.72 Å². The number of benzene rings is 2. The van der Waals surface area contributed by atoms with Crippen LogP contribution in [0.4, 0.5) is 0 Å². The molecule has 0 saturated carbocycles. The zero-order valence-electron chi connectivity index (χ0n) is 18.1. The fourth-order valence-electron chi connectivity index (χ4n) is 3.62. The third-order valence-electron chi connectivity index (χ3n) is 5.17. The van der Waals surface area contributed by atoms with Gasteiger partial charge in [-0.1, -0.05) is 43.0 Å². The Labute approximate surface area is 184 Å². The van der Waals surface area contributed by atoms with Gasteiger partial charge in [-0.05, 0) is 55.5 Å². The number of unbranched alkanes of at least 4 members (excludes halogenated alkanes) is 1. The summed E-state index contributed by atoms with van der Waals surface area (Å²) in [6.07, 6.45) is 7.63. The molecule has 162 valence electrons. The van der Waals surface area contributed by atoms with Gasteiger partial charge in [-0.3, -0.25) is 4.79 Å². The van der Waals surface area contributed by atoms with Crippen LogP contribution < -0.4 is 10.1 Å². The number of aromatic nitrogens is 2. The van der Waals surface area contributed by atoms with Crippen molar-refractivity contribution < 1.29 is 9.53 Å². The largest absolute Gasteiger partial charge is 0.493 e. The molecule has 5 heteroatoms. The highest BCUT2D eigenvalue weighted by Gasteiger charge is 2.10. The molecule has 3 rings (SSSR count). The van der Waals surface area contributed by atoms with Crippen LogP contribution in [0.1, 0.15) is 30.7 Å². The van der Waals surface area contributed by atoms with Crippen molar-refractivity contribution in [3.8, 4) is 5.75 Å². The van der Waals surface area contributed by atoms with Crippen molar-refractivity contribution in [1.29, 1.82) is 0 Å². The molecule has 3 aromatic rings. The first-order valence-electron chi connectivity index (χ1n) is 10.9. The predicted octanol–water partition coefficient (Wildman–Crippen LogP) is 4.86. The number of rotatable bonds is 13. The molecule has 0 bridgehead atoms. The van der Waals surface area contributed by atoms with Gasteiger partial charge in [0.25, 0.3) is 0 Å². The molecule has 31 heavy (non-hydrogen) atoms. The maximum Gasteiger partial charge on any atom is 0.243 e. The normalized spacial score (nSPS) is 10.7. The van der Waals surface area contributed by atoms with E-state index in [1.165, 1.54) is 11.6 Å². The highest BCUT2D eigenvalue weighted by atomic mass is 16.5. The molecule has 1 heterocycles. The minimum atomic E-state index is -0.136. The number of hydrogen-bond acceptors (Lipinski definition) is 3. The second-order valence-electron chi connectivity index (χ2n) is 7.42. The second kappa shape index (κ2) is 11.7. The van der Waals surface area contributed by atoms with Crippen LogP contribution in [-0.2, 0) is 24.2 Å². The molecule has 0 unspecified atom stereocenters. The molecule has 0 radical (unpaired) electrons. The minimum absolute atomic E-state index is 0.136. The Morgan fingerprint density at radius 2 is 1.87 bits per heavy atom. The van der Waals surface area contributed by atoms with E-state index in [1.54, 1.807) is 0 Å². The van der Waals surface area contributed by atoms with E-state index in [-0.39, 0.29) is 5.91 Å². The fourth-order valence-corrected chi connectivity index (χ4v) is 3.62. The maximum absolute atomic E-state index is 11.3. The average Bonchev–Trinajstić information content (AvgIpc) is 3.15. The Balaban J connectivity index is 1.55. The van der Waals surface area contributed by atoms with Crippen LogP contribution in [0.15, 0.2) is 73.8 Å². The van der Waals surface area contributed by atoms with Crippen molar-refractivity contribution in [2.24, 2.45) is 0 Å². The first-order valence-corrected chi connectivity index (χ1v) is 10.9. The molecular formula is C26H31N3O2. The Morgan fingerprint density at radius 1 is 1.06 bits per heavy atom. The van der Waals surface area contributed by atoms with E-state index in [9.17, 15) is 4.79 Å². The molecule has 1 amide bonds. The van der Waals surface area contributed by atoms with Crippen LogP contribution >= 0.6 is 0 Å². The van der Waals surface area contributed by atoms with Crippen molar-refractivity contribution in [3.05, 3.63) is 85.2 Å². The Bertz CT molecular complexity index is 1020. The Kier molecular flexibility index (Phi) is 8.47. The van der Waals surface area contributed by atoms with E-state index in [0.717, 1.165) is 61.3 Å². The molecule has 2 aromatic carbocycles. The lowest BCUT2D eigenvalue weighted by Crippen LogP contribution is -2.22. The molecule has 0 fully saturated rings. The lowest BCUT2D eigenvalue weighted by Gasteiger charge is -2.12. The Morgan fingerprint density at radius 3 is 2.71 bits per heavy atom. The molecule has 0 aliphatic heterocycles. The highest BCUT2D eigenvalue weighted by molar-refractivity contribution is 5.86. The summed E-state index contributed by atoms with van der Waals surface area (Å²) in [5, 5.41) is 2.83. The van der Waals surface area contributed by atoms with Gasteiger partial charge in [0.15, 0.2) is 0 Å². The average molecular weight is 418 g/mol. The van der Waals surface area contributed by atoms with Crippen LogP contribution in [-0.4, -0.2) is 28.6 Å². The lowest BCUT2D eigenvalue weighted by molar-refractivity contribution is -0.116. The van der Waals surface area contributed by atoms with Crippen LogP contribution in [0.3, 0.4) is 0 Å². The van der Waals surface area contributed by atoms with Crippen molar-refractivity contribution >= 4 is 16.9 Å². The van der Waals surface area contributed by atoms with E-state index in [1.807, 2.05) is 36.4 Å². The Hall–Kier alpha value is -3.34. The van der Waals surface area contributed by atoms with Crippen LogP contribution in [0.5, 0.6) is 5.75 Å². The van der Waals surface area contributed by atoms with E-state index in [0.29, 0.717) is 13.2 Å². The minimum Gasteiger partial charge on any atom is -0.493 e. The number of nitrogens with one attached hydrogen (secondary N) is 1. The molecule has 1 N–H and O–H groups in total. The second-order valence-corrected chi connectivity index (χ2v) is 7.42. The lowest BCUT2D eigenvalue weighted by atomic mass is 10.1. The van der Waals surface area contributed by atoms with Gasteiger partial charge in [-0.15, -0.1) is 6.58 Å². The highest BCUT2D eigenvalue weighted by Crippen LogP contribution is 2.20. The summed E-state index contributed by atoms with van der Waals surface area (Å²) in [4.78, 5) is 16.1. The number of para-hydroxylation sites is 3. The topological polar surface area (TPSA) is 56.1 Å². The molecular weight excluding hydrogens is 386 g/mol. The van der Waals surface area contributed by atoms with Gasteiger partial charge in [0.2, 0.25) is 5.91 Å². The van der Waals surface area contributed by atoms with Crippen molar-refractivity contribution in [3.63, 3.8) is 0 Å². The first-order chi connectivity index (χ1) is 15.2. The van der Waals surface area contributed by atoms with Crippen LogP contribution in [0.2, 0.25) is 0 Å². The van der Waals surface area contributed by atoms with Gasteiger partial charge in [-0.25, -0.2) is 4.98 Å². The third kappa shape index (κ3) is 6.32. The van der Waals surface area contributed by atoms with Gasteiger partial charge in [-0.2, -0.15) is 0 Å². The fraction of sp³-hybridized carbons (Fsp3) is 0.308. The summed E-state index contributed by atoms with van der Waals surface area (Å²) in [5.41, 5.74) is 3.34. The number of fused-ring (bicyclic) bond motifs is 1. The monoisotopic (exact) mass is 417 g/mol. The number of carbonyl (C=O) groups is 1. The molecule has 5 nitrogen and oxygen atoms in total. The quantitative estimate of drug-likeness (QED) is 0.245. The van der Waals surface area contributed by atoms with Gasteiger partial charge in [0.05, 0.1) is 17.6 Å². The standard InChI is InChI=1S/C26H31N3O2/c1-3-12-21-13-5-8-16-24(21)31-20-10-9-19-29-23-15-7-6-14-22(23)28-25(29)17-11-18-27-26(30)4-2/h3-8,13-16H,1-2,9-12,17-20H2,(H,27,30). The van der Waals surface area contributed by atoms with E-state index < -0.39 is 0 Å².